The van der Waals surface area contributed by atoms with Gasteiger partial charge in [-0.1, -0.05) is 63.3 Å². The number of phenolic OH excluding ortho intramolecular Hbond substituents is 1. The predicted octanol–water partition coefficient (Wildman–Crippen LogP) is 8.68. The first-order valence-electron chi connectivity index (χ1n) is 15.1. The number of hydrogen-bond acceptors (Lipinski definition) is 6. The van der Waals surface area contributed by atoms with Gasteiger partial charge in [0.2, 0.25) is 0 Å². The number of hydrogen-bond donors (Lipinski definition) is 2. The molecule has 0 saturated heterocycles. The Bertz CT molecular complexity index is 1100. The molecule has 3 atom stereocenters. The van der Waals surface area contributed by atoms with Crippen molar-refractivity contribution in [2.24, 2.45) is 5.92 Å². The highest BCUT2D eigenvalue weighted by Crippen LogP contribution is 2.53. The number of phosphoric acid groups is 1. The molecule has 1 aromatic carbocycles. The maximum absolute atomic E-state index is 13.8. The number of carbonyl (C=O) groups excluding carboxylic acids is 1. The molecule has 1 fully saturated rings. The molecule has 2 aliphatic rings. The molecule has 0 aromatic heterocycles. The molecule has 0 spiro atoms. The molecule has 0 heterocycles. The van der Waals surface area contributed by atoms with Gasteiger partial charge in [0, 0.05) is 11.5 Å². The minimum absolute atomic E-state index is 0.0836. The minimum atomic E-state index is -4.48. The van der Waals surface area contributed by atoms with Crippen LogP contribution in [0.2, 0.25) is 0 Å². The second-order valence-corrected chi connectivity index (χ2v) is 13.1. The molecular formula is C32H49O7P. The summed E-state index contributed by atoms with van der Waals surface area (Å²) in [4.78, 5) is 24.3. The number of aryl methyl sites for hydroxylation is 1. The standard InChI is InChI=1S/C32H49O7P/c1-6-8-10-14-25-21-28(33)30(27-20-24(5)15-16-26(27)23(3)4)29(22-25)38-31(34)32(17-11-12-18-32)39-40(35,36)37-19-13-9-7-2/h20-22,26-27,33H,3,6-19H2,1-2,4-5H3,(H,35,36)/t26-,27+/m0/s1. The third-order valence-electron chi connectivity index (χ3n) is 8.24. The first-order chi connectivity index (χ1) is 19.0. The number of ether oxygens (including phenoxy) is 1. The number of phenols is 1. The molecule has 3 rings (SSSR count). The van der Waals surface area contributed by atoms with Crippen molar-refractivity contribution in [2.45, 2.75) is 123 Å². The van der Waals surface area contributed by atoms with Gasteiger partial charge >= 0.3 is 13.8 Å². The molecule has 1 saturated carbocycles. The van der Waals surface area contributed by atoms with Crippen LogP contribution in [-0.4, -0.2) is 28.2 Å². The van der Waals surface area contributed by atoms with Gasteiger partial charge in [0.1, 0.15) is 11.5 Å². The highest BCUT2D eigenvalue weighted by Gasteiger charge is 2.50. The Morgan fingerprint density at radius 2 is 1.80 bits per heavy atom. The Morgan fingerprint density at radius 1 is 1.12 bits per heavy atom. The zero-order valence-corrected chi connectivity index (χ0v) is 25.8. The van der Waals surface area contributed by atoms with Crippen LogP contribution in [0.4, 0.5) is 0 Å². The van der Waals surface area contributed by atoms with Crippen LogP contribution in [0.3, 0.4) is 0 Å². The molecule has 0 amide bonds. The second kappa shape index (κ2) is 14.8. The number of carbonyl (C=O) groups is 1. The summed E-state index contributed by atoms with van der Waals surface area (Å²) in [7, 11) is -4.48. The Morgan fingerprint density at radius 3 is 2.45 bits per heavy atom. The third-order valence-corrected chi connectivity index (χ3v) is 9.33. The van der Waals surface area contributed by atoms with Gasteiger partial charge in [-0.3, -0.25) is 9.05 Å². The maximum atomic E-state index is 13.8. The molecule has 0 radical (unpaired) electrons. The minimum Gasteiger partial charge on any atom is -0.507 e. The van der Waals surface area contributed by atoms with E-state index >= 15 is 0 Å². The molecule has 0 bridgehead atoms. The Hall–Kier alpha value is -1.92. The smallest absolute Gasteiger partial charge is 0.473 e. The van der Waals surface area contributed by atoms with E-state index in [1.54, 1.807) is 6.07 Å². The highest BCUT2D eigenvalue weighted by molar-refractivity contribution is 7.47. The van der Waals surface area contributed by atoms with Crippen LogP contribution in [0.25, 0.3) is 0 Å². The Labute approximate surface area is 240 Å². The van der Waals surface area contributed by atoms with Gasteiger partial charge in [-0.05, 0) is 95.2 Å². The van der Waals surface area contributed by atoms with Crippen molar-refractivity contribution < 1.29 is 33.1 Å². The molecule has 40 heavy (non-hydrogen) atoms. The fourth-order valence-electron chi connectivity index (χ4n) is 5.97. The third kappa shape index (κ3) is 8.55. The van der Waals surface area contributed by atoms with Crippen molar-refractivity contribution in [1.82, 2.24) is 0 Å². The molecule has 1 aromatic rings. The van der Waals surface area contributed by atoms with E-state index < -0.39 is 19.4 Å². The van der Waals surface area contributed by atoms with E-state index in [1.807, 2.05) is 19.9 Å². The number of esters is 1. The van der Waals surface area contributed by atoms with Crippen LogP contribution < -0.4 is 4.74 Å². The number of unbranched alkanes of at least 4 members (excludes halogenated alkanes) is 4. The molecule has 2 aliphatic carbocycles. The van der Waals surface area contributed by atoms with Crippen molar-refractivity contribution in [1.29, 1.82) is 0 Å². The van der Waals surface area contributed by atoms with Crippen molar-refractivity contribution in [3.63, 3.8) is 0 Å². The summed E-state index contributed by atoms with van der Waals surface area (Å²) < 4.78 is 29.8. The number of phosphoric ester groups is 1. The van der Waals surface area contributed by atoms with Gasteiger partial charge in [-0.25, -0.2) is 9.36 Å². The predicted molar refractivity (Wildman–Crippen MR) is 159 cm³/mol. The lowest BCUT2D eigenvalue weighted by Crippen LogP contribution is -2.41. The quantitative estimate of drug-likeness (QED) is 0.0708. The van der Waals surface area contributed by atoms with Gasteiger partial charge in [0.05, 0.1) is 6.61 Å². The van der Waals surface area contributed by atoms with E-state index in [0.29, 0.717) is 24.8 Å². The summed E-state index contributed by atoms with van der Waals surface area (Å²) in [6.07, 6.45) is 12.1. The zero-order valence-electron chi connectivity index (χ0n) is 24.9. The highest BCUT2D eigenvalue weighted by atomic mass is 31.2. The molecule has 2 N–H and O–H groups in total. The normalized spacial score (nSPS) is 22.0. The lowest BCUT2D eigenvalue weighted by Gasteiger charge is -2.33. The average Bonchev–Trinajstić information content (AvgIpc) is 3.35. The molecule has 224 valence electrons. The van der Waals surface area contributed by atoms with Crippen LogP contribution in [0, 0.1) is 5.92 Å². The topological polar surface area (TPSA) is 102 Å². The Balaban J connectivity index is 1.97. The molecule has 8 heteroatoms. The summed E-state index contributed by atoms with van der Waals surface area (Å²) in [5.41, 5.74) is 2.08. The summed E-state index contributed by atoms with van der Waals surface area (Å²) in [6, 6.07) is 3.63. The van der Waals surface area contributed by atoms with E-state index in [-0.39, 0.29) is 42.8 Å². The molecule has 0 aliphatic heterocycles. The van der Waals surface area contributed by atoms with Crippen LogP contribution in [0.1, 0.15) is 122 Å². The van der Waals surface area contributed by atoms with Crippen molar-refractivity contribution >= 4 is 13.8 Å². The maximum Gasteiger partial charge on any atom is 0.473 e. The van der Waals surface area contributed by atoms with Gasteiger partial charge < -0.3 is 14.7 Å². The zero-order chi connectivity index (χ0) is 29.3. The molecule has 1 unspecified atom stereocenters. The number of rotatable bonds is 15. The SMILES string of the molecule is C=C(C)[C@@H]1CCC(C)=C[C@H]1c1c(O)cc(CCCCC)cc1OC(=O)C1(OP(=O)(O)OCCCCC)CCCC1. The van der Waals surface area contributed by atoms with E-state index in [9.17, 15) is 19.4 Å². The lowest BCUT2D eigenvalue weighted by molar-refractivity contribution is -0.153. The second-order valence-electron chi connectivity index (χ2n) is 11.7. The van der Waals surface area contributed by atoms with Crippen molar-refractivity contribution in [2.75, 3.05) is 6.61 Å². The summed E-state index contributed by atoms with van der Waals surface area (Å²) in [5, 5.41) is 11.4. The lowest BCUT2D eigenvalue weighted by atomic mass is 9.73. The van der Waals surface area contributed by atoms with Crippen molar-refractivity contribution in [3.8, 4) is 11.5 Å². The number of aromatic hydroxyl groups is 1. The van der Waals surface area contributed by atoms with E-state index in [1.165, 1.54) is 5.57 Å². The van der Waals surface area contributed by atoms with Crippen LogP contribution in [0.5, 0.6) is 11.5 Å². The summed E-state index contributed by atoms with van der Waals surface area (Å²) in [6.45, 7) is 12.5. The van der Waals surface area contributed by atoms with Crippen molar-refractivity contribution in [3.05, 3.63) is 47.1 Å². The summed E-state index contributed by atoms with van der Waals surface area (Å²) >= 11 is 0. The summed E-state index contributed by atoms with van der Waals surface area (Å²) in [5.74, 6) is -0.460. The van der Waals surface area contributed by atoms with Gasteiger partial charge in [-0.2, -0.15) is 0 Å². The Kier molecular flexibility index (Phi) is 12.1. The van der Waals surface area contributed by atoms with Gasteiger partial charge in [0.25, 0.3) is 0 Å². The average molecular weight is 577 g/mol. The fourth-order valence-corrected chi connectivity index (χ4v) is 7.08. The first kappa shape index (κ1) is 32.6. The van der Waals surface area contributed by atoms with Crippen LogP contribution in [-0.2, 0) is 24.8 Å². The van der Waals surface area contributed by atoms with E-state index in [2.05, 4.69) is 26.5 Å². The molecule has 7 nitrogen and oxygen atoms in total. The van der Waals surface area contributed by atoms with Crippen LogP contribution in [0.15, 0.2) is 35.9 Å². The van der Waals surface area contributed by atoms with E-state index in [0.717, 1.165) is 62.5 Å². The fraction of sp³-hybridized carbons (Fsp3) is 0.656. The van der Waals surface area contributed by atoms with Gasteiger partial charge in [-0.15, -0.1) is 0 Å². The molecular weight excluding hydrogens is 527 g/mol. The monoisotopic (exact) mass is 576 g/mol. The number of benzene rings is 1. The first-order valence-corrected chi connectivity index (χ1v) is 16.6. The number of allylic oxidation sites excluding steroid dienone is 3. The largest absolute Gasteiger partial charge is 0.507 e. The van der Waals surface area contributed by atoms with Gasteiger partial charge in [0.15, 0.2) is 5.60 Å². The van der Waals surface area contributed by atoms with E-state index in [4.69, 9.17) is 13.8 Å². The van der Waals surface area contributed by atoms with Crippen LogP contribution >= 0.6 is 7.82 Å².